The van der Waals surface area contributed by atoms with E-state index in [-0.39, 0.29) is 5.97 Å². The molecule has 0 saturated carbocycles. The zero-order valence-corrected chi connectivity index (χ0v) is 12.0. The molecule has 1 aromatic rings. The molecule has 2 rings (SSSR count). The second-order valence-corrected chi connectivity index (χ2v) is 4.50. The lowest BCUT2D eigenvalue weighted by Crippen LogP contribution is -2.30. The van der Waals surface area contributed by atoms with Crippen LogP contribution in [0.3, 0.4) is 0 Å². The summed E-state index contributed by atoms with van der Waals surface area (Å²) in [6.07, 6.45) is 0.860. The van der Waals surface area contributed by atoms with Crippen molar-refractivity contribution >= 4 is 5.97 Å². The van der Waals surface area contributed by atoms with Gasteiger partial charge in [-0.05, 0) is 31.2 Å². The Morgan fingerprint density at radius 1 is 1.30 bits per heavy atom. The first kappa shape index (κ1) is 14.7. The highest BCUT2D eigenvalue weighted by Gasteiger charge is 2.23. The van der Waals surface area contributed by atoms with Crippen LogP contribution in [0.4, 0.5) is 0 Å². The average Bonchev–Trinajstić information content (AvgIpc) is 2.69. The van der Waals surface area contributed by atoms with Crippen molar-refractivity contribution in [3.63, 3.8) is 0 Å². The van der Waals surface area contributed by atoms with Crippen molar-refractivity contribution in [1.82, 2.24) is 5.32 Å². The maximum absolute atomic E-state index is 12.0. The zero-order chi connectivity index (χ0) is 14.4. The van der Waals surface area contributed by atoms with Crippen LogP contribution in [0.25, 0.3) is 0 Å². The van der Waals surface area contributed by atoms with Crippen LogP contribution in [0, 0.1) is 0 Å². The Kier molecular flexibility index (Phi) is 5.24. The van der Waals surface area contributed by atoms with Gasteiger partial charge in [0, 0.05) is 6.42 Å². The van der Waals surface area contributed by atoms with E-state index in [0.29, 0.717) is 32.1 Å². The Bertz CT molecular complexity index is 461. The number of likely N-dealkylation sites (N-methyl/N-ethyl adjacent to an activating group) is 1. The molecule has 0 spiro atoms. The van der Waals surface area contributed by atoms with Crippen LogP contribution in [-0.4, -0.2) is 32.3 Å². The smallest absolute Gasteiger partial charge is 0.327 e. The van der Waals surface area contributed by atoms with Gasteiger partial charge in [-0.1, -0.05) is 13.0 Å². The van der Waals surface area contributed by atoms with E-state index in [1.165, 1.54) is 0 Å². The predicted octanol–water partition coefficient (Wildman–Crippen LogP) is 2.06. The number of hydrogen-bond acceptors (Lipinski definition) is 5. The Labute approximate surface area is 119 Å². The quantitative estimate of drug-likeness (QED) is 0.836. The number of hydrogen-bond donors (Lipinski definition) is 1. The third-order valence-electron chi connectivity index (χ3n) is 3.04. The third-order valence-corrected chi connectivity index (χ3v) is 3.04. The Morgan fingerprint density at radius 3 is 2.75 bits per heavy atom. The molecule has 1 heterocycles. The molecule has 1 aromatic carbocycles. The SMILES string of the molecule is CCNC(C(=O)OCC)c1ccc2c(c1)OCCCO2. The maximum atomic E-state index is 12.0. The largest absolute Gasteiger partial charge is 0.490 e. The molecule has 0 fully saturated rings. The second-order valence-electron chi connectivity index (χ2n) is 4.50. The first-order chi connectivity index (χ1) is 9.76. The first-order valence-corrected chi connectivity index (χ1v) is 7.05. The summed E-state index contributed by atoms with van der Waals surface area (Å²) in [5.74, 6) is 1.14. The van der Waals surface area contributed by atoms with Crippen LogP contribution >= 0.6 is 0 Å². The number of carbonyl (C=O) groups is 1. The van der Waals surface area contributed by atoms with Gasteiger partial charge < -0.3 is 19.5 Å². The van der Waals surface area contributed by atoms with Gasteiger partial charge >= 0.3 is 5.97 Å². The van der Waals surface area contributed by atoms with Gasteiger partial charge in [0.05, 0.1) is 19.8 Å². The molecular weight excluding hydrogens is 258 g/mol. The van der Waals surface area contributed by atoms with Crippen LogP contribution in [0.1, 0.15) is 31.9 Å². The molecule has 110 valence electrons. The summed E-state index contributed by atoms with van der Waals surface area (Å²) in [7, 11) is 0. The molecule has 0 saturated heterocycles. The Hall–Kier alpha value is -1.75. The lowest BCUT2D eigenvalue weighted by Gasteiger charge is -2.18. The van der Waals surface area contributed by atoms with Crippen molar-refractivity contribution in [2.75, 3.05) is 26.4 Å². The van der Waals surface area contributed by atoms with E-state index in [0.717, 1.165) is 17.7 Å². The van der Waals surface area contributed by atoms with Crippen molar-refractivity contribution < 1.29 is 19.0 Å². The van der Waals surface area contributed by atoms with Crippen LogP contribution in [-0.2, 0) is 9.53 Å². The highest BCUT2D eigenvalue weighted by Crippen LogP contribution is 2.32. The molecule has 5 heteroatoms. The summed E-state index contributed by atoms with van der Waals surface area (Å²) in [5.41, 5.74) is 0.828. The van der Waals surface area contributed by atoms with Crippen molar-refractivity contribution in [2.45, 2.75) is 26.3 Å². The minimum atomic E-state index is -0.475. The van der Waals surface area contributed by atoms with Crippen molar-refractivity contribution in [2.24, 2.45) is 0 Å². The number of fused-ring (bicyclic) bond motifs is 1. The molecule has 0 radical (unpaired) electrons. The fourth-order valence-electron chi connectivity index (χ4n) is 2.13. The number of benzene rings is 1. The van der Waals surface area contributed by atoms with Gasteiger partial charge in [0.2, 0.25) is 0 Å². The van der Waals surface area contributed by atoms with Gasteiger partial charge in [-0.3, -0.25) is 0 Å². The van der Waals surface area contributed by atoms with Crippen LogP contribution in [0.5, 0.6) is 11.5 Å². The normalized spacial score (nSPS) is 15.3. The third kappa shape index (κ3) is 3.42. The number of rotatable bonds is 5. The molecule has 0 bridgehead atoms. The fraction of sp³-hybridized carbons (Fsp3) is 0.533. The summed E-state index contributed by atoms with van der Waals surface area (Å²) < 4.78 is 16.3. The molecule has 0 aliphatic carbocycles. The van der Waals surface area contributed by atoms with Crippen molar-refractivity contribution in [3.8, 4) is 11.5 Å². The van der Waals surface area contributed by atoms with Crippen LogP contribution in [0.2, 0.25) is 0 Å². The molecule has 0 aromatic heterocycles. The van der Waals surface area contributed by atoms with E-state index in [4.69, 9.17) is 14.2 Å². The van der Waals surface area contributed by atoms with Gasteiger partial charge in [-0.25, -0.2) is 4.79 Å². The van der Waals surface area contributed by atoms with Crippen LogP contribution < -0.4 is 14.8 Å². The second kappa shape index (κ2) is 7.14. The lowest BCUT2D eigenvalue weighted by atomic mass is 10.1. The average molecular weight is 279 g/mol. The zero-order valence-electron chi connectivity index (χ0n) is 12.0. The van der Waals surface area contributed by atoms with E-state index in [1.807, 2.05) is 25.1 Å². The summed E-state index contributed by atoms with van der Waals surface area (Å²) in [5, 5.41) is 3.14. The topological polar surface area (TPSA) is 56.8 Å². The highest BCUT2D eigenvalue weighted by atomic mass is 16.5. The van der Waals surface area contributed by atoms with Gasteiger partial charge in [-0.2, -0.15) is 0 Å². The molecule has 0 amide bonds. The number of ether oxygens (including phenoxy) is 3. The molecule has 1 aliphatic heterocycles. The van der Waals surface area contributed by atoms with E-state index in [2.05, 4.69) is 5.32 Å². The summed E-state index contributed by atoms with van der Waals surface area (Å²) in [6, 6.07) is 5.10. The van der Waals surface area contributed by atoms with Crippen molar-refractivity contribution in [3.05, 3.63) is 23.8 Å². The number of esters is 1. The summed E-state index contributed by atoms with van der Waals surface area (Å²) >= 11 is 0. The molecule has 1 N–H and O–H groups in total. The van der Waals surface area contributed by atoms with Crippen LogP contribution in [0.15, 0.2) is 18.2 Å². The predicted molar refractivity (Wildman–Crippen MR) is 75.1 cm³/mol. The molecule has 1 unspecified atom stereocenters. The highest BCUT2D eigenvalue weighted by molar-refractivity contribution is 5.78. The molecule has 5 nitrogen and oxygen atoms in total. The Morgan fingerprint density at radius 2 is 2.05 bits per heavy atom. The van der Waals surface area contributed by atoms with Gasteiger partial charge in [-0.15, -0.1) is 0 Å². The van der Waals surface area contributed by atoms with Gasteiger partial charge in [0.1, 0.15) is 6.04 Å². The minimum Gasteiger partial charge on any atom is -0.490 e. The van der Waals surface area contributed by atoms with E-state index >= 15 is 0 Å². The van der Waals surface area contributed by atoms with E-state index in [9.17, 15) is 4.79 Å². The first-order valence-electron chi connectivity index (χ1n) is 7.05. The Balaban J connectivity index is 2.24. The lowest BCUT2D eigenvalue weighted by molar-refractivity contribution is -0.145. The van der Waals surface area contributed by atoms with E-state index in [1.54, 1.807) is 6.92 Å². The molecule has 20 heavy (non-hydrogen) atoms. The van der Waals surface area contributed by atoms with E-state index < -0.39 is 6.04 Å². The molecule has 1 atom stereocenters. The monoisotopic (exact) mass is 279 g/mol. The fourth-order valence-corrected chi connectivity index (χ4v) is 2.13. The maximum Gasteiger partial charge on any atom is 0.327 e. The van der Waals surface area contributed by atoms with Gasteiger partial charge in [0.25, 0.3) is 0 Å². The molecular formula is C15H21NO4. The van der Waals surface area contributed by atoms with Gasteiger partial charge in [0.15, 0.2) is 11.5 Å². The number of carbonyl (C=O) groups excluding carboxylic acids is 1. The summed E-state index contributed by atoms with van der Waals surface area (Å²) in [4.78, 5) is 12.0. The molecule has 1 aliphatic rings. The van der Waals surface area contributed by atoms with Crippen molar-refractivity contribution in [1.29, 1.82) is 0 Å². The minimum absolute atomic E-state index is 0.274. The summed E-state index contributed by atoms with van der Waals surface area (Å²) in [6.45, 7) is 6.08. The standard InChI is InChI=1S/C15H21NO4/c1-3-16-14(15(17)18-4-2)11-6-7-12-13(10-11)20-9-5-8-19-12/h6-7,10,14,16H,3-5,8-9H2,1-2H3. The number of nitrogens with one attached hydrogen (secondary N) is 1.